The number of carboxylic acid groups (broad SMARTS) is 1. The third-order valence-corrected chi connectivity index (χ3v) is 3.88. The zero-order valence-corrected chi connectivity index (χ0v) is 12.4. The van der Waals surface area contributed by atoms with E-state index < -0.39 is 11.9 Å². The van der Waals surface area contributed by atoms with Crippen LogP contribution in [0.2, 0.25) is 10.0 Å². The minimum absolute atomic E-state index is 0.387. The van der Waals surface area contributed by atoms with Crippen LogP contribution in [0.25, 0.3) is 0 Å². The zero-order chi connectivity index (χ0) is 14.7. The molecule has 1 unspecified atom stereocenters. The molecule has 0 saturated heterocycles. The molecule has 2 rings (SSSR count). The second-order valence-electron chi connectivity index (χ2n) is 4.69. The third-order valence-electron chi connectivity index (χ3n) is 3.32. The molecule has 0 aromatic heterocycles. The summed E-state index contributed by atoms with van der Waals surface area (Å²) in [7, 11) is 0. The molecule has 2 nitrogen and oxygen atoms in total. The molecular formula is C16H14Cl2O2. The van der Waals surface area contributed by atoms with Crippen molar-refractivity contribution in [1.82, 2.24) is 0 Å². The molecule has 2 aromatic carbocycles. The Morgan fingerprint density at radius 1 is 1.20 bits per heavy atom. The Hall–Kier alpha value is -1.51. The average molecular weight is 309 g/mol. The number of halogens is 2. The van der Waals surface area contributed by atoms with Gasteiger partial charge in [-0.1, -0.05) is 53.5 Å². The number of carbonyl (C=O) groups is 1. The van der Waals surface area contributed by atoms with Gasteiger partial charge in [0.05, 0.1) is 5.92 Å². The van der Waals surface area contributed by atoms with E-state index in [1.807, 2.05) is 31.2 Å². The van der Waals surface area contributed by atoms with E-state index in [0.29, 0.717) is 22.0 Å². The summed E-state index contributed by atoms with van der Waals surface area (Å²) in [5, 5.41) is 10.4. The number of hydrogen-bond acceptors (Lipinski definition) is 1. The van der Waals surface area contributed by atoms with Crippen molar-refractivity contribution in [3.63, 3.8) is 0 Å². The number of benzene rings is 2. The molecule has 0 aliphatic heterocycles. The molecule has 20 heavy (non-hydrogen) atoms. The molecule has 0 amide bonds. The Labute approximate surface area is 128 Å². The minimum Gasteiger partial charge on any atom is -0.481 e. The SMILES string of the molecule is Cc1ccccc1CC(C(=O)O)c1ccc(Cl)cc1Cl. The van der Waals surface area contributed by atoms with Crippen LogP contribution < -0.4 is 0 Å². The summed E-state index contributed by atoms with van der Waals surface area (Å²) in [5.74, 6) is -1.57. The fraction of sp³-hybridized carbons (Fsp3) is 0.188. The predicted octanol–water partition coefficient (Wildman–Crippen LogP) is 4.71. The Morgan fingerprint density at radius 3 is 2.50 bits per heavy atom. The maximum absolute atomic E-state index is 11.6. The highest BCUT2D eigenvalue weighted by molar-refractivity contribution is 6.35. The summed E-state index contributed by atoms with van der Waals surface area (Å²) in [6.07, 6.45) is 0.406. The van der Waals surface area contributed by atoms with Crippen molar-refractivity contribution in [2.45, 2.75) is 19.3 Å². The fourth-order valence-electron chi connectivity index (χ4n) is 2.17. The minimum atomic E-state index is -0.891. The first-order valence-corrected chi connectivity index (χ1v) is 6.97. The standard InChI is InChI=1S/C16H14Cl2O2/c1-10-4-2-3-5-11(10)8-14(16(19)20)13-7-6-12(17)9-15(13)18/h2-7,9,14H,8H2,1H3,(H,19,20). The molecule has 0 bridgehead atoms. The van der Waals surface area contributed by atoms with Gasteiger partial charge in [0.1, 0.15) is 0 Å². The van der Waals surface area contributed by atoms with Gasteiger partial charge in [-0.15, -0.1) is 0 Å². The molecule has 0 spiro atoms. The third kappa shape index (κ3) is 3.33. The quantitative estimate of drug-likeness (QED) is 0.888. The van der Waals surface area contributed by atoms with Crippen LogP contribution in [0.15, 0.2) is 42.5 Å². The van der Waals surface area contributed by atoms with Crippen molar-refractivity contribution >= 4 is 29.2 Å². The van der Waals surface area contributed by atoms with Crippen LogP contribution in [-0.2, 0) is 11.2 Å². The molecular weight excluding hydrogens is 295 g/mol. The monoisotopic (exact) mass is 308 g/mol. The van der Waals surface area contributed by atoms with Crippen LogP contribution in [0.5, 0.6) is 0 Å². The molecule has 1 atom stereocenters. The maximum Gasteiger partial charge on any atom is 0.311 e. The van der Waals surface area contributed by atoms with E-state index >= 15 is 0 Å². The molecule has 2 aromatic rings. The number of hydrogen-bond donors (Lipinski definition) is 1. The highest BCUT2D eigenvalue weighted by Gasteiger charge is 2.23. The second-order valence-corrected chi connectivity index (χ2v) is 5.53. The molecule has 1 N–H and O–H groups in total. The Kier molecular flexibility index (Phi) is 4.69. The van der Waals surface area contributed by atoms with Gasteiger partial charge in [-0.25, -0.2) is 0 Å². The van der Waals surface area contributed by atoms with E-state index in [1.54, 1.807) is 18.2 Å². The Morgan fingerprint density at radius 2 is 1.90 bits per heavy atom. The average Bonchev–Trinajstić information content (AvgIpc) is 2.38. The Balaban J connectivity index is 2.37. The predicted molar refractivity (Wildman–Crippen MR) is 81.7 cm³/mol. The van der Waals surface area contributed by atoms with Crippen LogP contribution in [0.3, 0.4) is 0 Å². The summed E-state index contributed by atoms with van der Waals surface area (Å²) in [5.41, 5.74) is 2.67. The summed E-state index contributed by atoms with van der Waals surface area (Å²) >= 11 is 12.0. The van der Waals surface area contributed by atoms with Crippen molar-refractivity contribution in [3.05, 3.63) is 69.2 Å². The van der Waals surface area contributed by atoms with Crippen LogP contribution in [-0.4, -0.2) is 11.1 Å². The van der Waals surface area contributed by atoms with E-state index in [1.165, 1.54) is 0 Å². The van der Waals surface area contributed by atoms with Crippen molar-refractivity contribution in [1.29, 1.82) is 0 Å². The van der Waals surface area contributed by atoms with E-state index in [4.69, 9.17) is 23.2 Å². The van der Waals surface area contributed by atoms with Crippen LogP contribution >= 0.6 is 23.2 Å². The number of aryl methyl sites for hydroxylation is 1. The lowest BCUT2D eigenvalue weighted by molar-refractivity contribution is -0.138. The topological polar surface area (TPSA) is 37.3 Å². The van der Waals surface area contributed by atoms with Gasteiger partial charge in [0.2, 0.25) is 0 Å². The van der Waals surface area contributed by atoms with Crippen molar-refractivity contribution in [2.75, 3.05) is 0 Å². The molecule has 0 saturated carbocycles. The van der Waals surface area contributed by atoms with E-state index in [0.717, 1.165) is 11.1 Å². The lowest BCUT2D eigenvalue weighted by Gasteiger charge is -2.16. The Bertz CT molecular complexity index is 638. The molecule has 104 valence electrons. The summed E-state index contributed by atoms with van der Waals surface area (Å²) in [6, 6.07) is 12.7. The fourth-order valence-corrected chi connectivity index (χ4v) is 2.71. The van der Waals surface area contributed by atoms with Crippen molar-refractivity contribution < 1.29 is 9.90 Å². The molecule has 0 aliphatic rings. The molecule has 4 heteroatoms. The van der Waals surface area contributed by atoms with Gasteiger partial charge in [0.25, 0.3) is 0 Å². The maximum atomic E-state index is 11.6. The zero-order valence-electron chi connectivity index (χ0n) is 10.9. The highest BCUT2D eigenvalue weighted by Crippen LogP contribution is 2.30. The molecule has 0 aliphatic carbocycles. The molecule has 0 fully saturated rings. The summed E-state index contributed by atoms with van der Waals surface area (Å²) in [6.45, 7) is 1.97. The second kappa shape index (κ2) is 6.29. The lowest BCUT2D eigenvalue weighted by atomic mass is 9.90. The first-order chi connectivity index (χ1) is 9.49. The summed E-state index contributed by atoms with van der Waals surface area (Å²) in [4.78, 5) is 11.6. The van der Waals surface area contributed by atoms with Crippen LogP contribution in [0.4, 0.5) is 0 Å². The lowest BCUT2D eigenvalue weighted by Crippen LogP contribution is -2.15. The number of aliphatic carboxylic acids is 1. The smallest absolute Gasteiger partial charge is 0.311 e. The van der Waals surface area contributed by atoms with Gasteiger partial charge < -0.3 is 5.11 Å². The van der Waals surface area contributed by atoms with Gasteiger partial charge in [-0.3, -0.25) is 4.79 Å². The van der Waals surface area contributed by atoms with Crippen molar-refractivity contribution in [3.8, 4) is 0 Å². The van der Waals surface area contributed by atoms with Gasteiger partial charge >= 0.3 is 5.97 Å². The normalized spacial score (nSPS) is 12.2. The number of rotatable bonds is 4. The number of carboxylic acids is 1. The molecule has 0 radical (unpaired) electrons. The van der Waals surface area contributed by atoms with Crippen LogP contribution in [0.1, 0.15) is 22.6 Å². The van der Waals surface area contributed by atoms with Crippen molar-refractivity contribution in [2.24, 2.45) is 0 Å². The van der Waals surface area contributed by atoms with Crippen LogP contribution in [0, 0.1) is 6.92 Å². The largest absolute Gasteiger partial charge is 0.481 e. The highest BCUT2D eigenvalue weighted by atomic mass is 35.5. The van der Waals surface area contributed by atoms with Gasteiger partial charge in [-0.05, 0) is 42.2 Å². The first kappa shape index (κ1) is 14.9. The summed E-state index contributed by atoms with van der Waals surface area (Å²) < 4.78 is 0. The van der Waals surface area contributed by atoms with Gasteiger partial charge in [-0.2, -0.15) is 0 Å². The first-order valence-electron chi connectivity index (χ1n) is 6.21. The van der Waals surface area contributed by atoms with Gasteiger partial charge in [0, 0.05) is 10.0 Å². The van der Waals surface area contributed by atoms with E-state index in [9.17, 15) is 9.90 Å². The van der Waals surface area contributed by atoms with E-state index in [2.05, 4.69) is 0 Å². The molecule has 0 heterocycles. The van der Waals surface area contributed by atoms with Gasteiger partial charge in [0.15, 0.2) is 0 Å². The van der Waals surface area contributed by atoms with E-state index in [-0.39, 0.29) is 0 Å².